The third-order valence-electron chi connectivity index (χ3n) is 3.22. The van der Waals surface area contributed by atoms with E-state index in [9.17, 15) is 8.42 Å². The molecule has 18 heavy (non-hydrogen) atoms. The number of aryl methyl sites for hydroxylation is 1. The highest BCUT2D eigenvalue weighted by molar-refractivity contribution is 7.91. The summed E-state index contributed by atoms with van der Waals surface area (Å²) in [6.45, 7) is 3.19. The molecule has 0 radical (unpaired) electrons. The normalized spacial score (nSPS) is 16.1. The van der Waals surface area contributed by atoms with E-state index in [1.165, 1.54) is 12.8 Å². The van der Waals surface area contributed by atoms with Crippen LogP contribution in [0.3, 0.4) is 0 Å². The molecule has 1 heterocycles. The van der Waals surface area contributed by atoms with E-state index in [0.717, 1.165) is 12.2 Å². The average molecular weight is 271 g/mol. The lowest BCUT2D eigenvalue weighted by Gasteiger charge is -2.08. The Morgan fingerprint density at radius 2 is 2.28 bits per heavy atom. The SMILES string of the molecule is CCS(=O)(=O)CCCn1nccc1CNC1CC1. The number of aromatic nitrogens is 2. The summed E-state index contributed by atoms with van der Waals surface area (Å²) in [5.74, 6) is 0.473. The van der Waals surface area contributed by atoms with Gasteiger partial charge in [0.1, 0.15) is 9.84 Å². The predicted octanol–water partition coefficient (Wildman–Crippen LogP) is 0.960. The standard InChI is InChI=1S/C12H21N3O2S/c1-2-18(16,17)9-3-8-15-12(6-7-14-15)10-13-11-4-5-11/h6-7,11,13H,2-5,8-10H2,1H3. The molecule has 1 aliphatic carbocycles. The Morgan fingerprint density at radius 1 is 1.50 bits per heavy atom. The van der Waals surface area contributed by atoms with Gasteiger partial charge in [0, 0.05) is 31.1 Å². The van der Waals surface area contributed by atoms with Crippen LogP contribution in [0.2, 0.25) is 0 Å². The number of sulfone groups is 1. The Balaban J connectivity index is 1.79. The quantitative estimate of drug-likeness (QED) is 0.765. The molecule has 0 atom stereocenters. The van der Waals surface area contributed by atoms with Gasteiger partial charge in [-0.25, -0.2) is 8.42 Å². The molecule has 102 valence electrons. The summed E-state index contributed by atoms with van der Waals surface area (Å²) in [5, 5.41) is 7.68. The van der Waals surface area contributed by atoms with Gasteiger partial charge in [0.2, 0.25) is 0 Å². The topological polar surface area (TPSA) is 64.0 Å². The molecule has 0 amide bonds. The summed E-state index contributed by atoms with van der Waals surface area (Å²) < 4.78 is 24.7. The summed E-state index contributed by atoms with van der Waals surface area (Å²) in [7, 11) is -2.86. The molecule has 0 bridgehead atoms. The number of rotatable bonds is 8. The first-order valence-corrected chi connectivity index (χ1v) is 8.37. The summed E-state index contributed by atoms with van der Waals surface area (Å²) in [6.07, 6.45) is 4.94. The molecule has 1 fully saturated rings. The van der Waals surface area contributed by atoms with E-state index in [0.29, 0.717) is 19.0 Å². The first-order chi connectivity index (χ1) is 8.61. The van der Waals surface area contributed by atoms with Crippen molar-refractivity contribution in [2.24, 2.45) is 0 Å². The van der Waals surface area contributed by atoms with Gasteiger partial charge in [0.25, 0.3) is 0 Å². The molecule has 5 nitrogen and oxygen atoms in total. The Bertz CT molecular complexity index is 477. The molecular weight excluding hydrogens is 250 g/mol. The smallest absolute Gasteiger partial charge is 0.150 e. The zero-order valence-electron chi connectivity index (χ0n) is 10.8. The van der Waals surface area contributed by atoms with Gasteiger partial charge in [-0.05, 0) is 25.3 Å². The monoisotopic (exact) mass is 271 g/mol. The van der Waals surface area contributed by atoms with Crippen LogP contribution in [0.15, 0.2) is 12.3 Å². The van der Waals surface area contributed by atoms with Crippen molar-refractivity contribution in [2.75, 3.05) is 11.5 Å². The van der Waals surface area contributed by atoms with E-state index in [-0.39, 0.29) is 11.5 Å². The average Bonchev–Trinajstić information content (AvgIpc) is 3.07. The maximum absolute atomic E-state index is 11.4. The molecule has 1 N–H and O–H groups in total. The van der Waals surface area contributed by atoms with Crippen molar-refractivity contribution in [3.05, 3.63) is 18.0 Å². The van der Waals surface area contributed by atoms with Gasteiger partial charge in [0.05, 0.1) is 11.4 Å². The van der Waals surface area contributed by atoms with Gasteiger partial charge < -0.3 is 5.32 Å². The van der Waals surface area contributed by atoms with E-state index in [1.807, 2.05) is 10.7 Å². The number of hydrogen-bond donors (Lipinski definition) is 1. The van der Waals surface area contributed by atoms with Crippen molar-refractivity contribution >= 4 is 9.84 Å². The number of hydrogen-bond acceptors (Lipinski definition) is 4. The van der Waals surface area contributed by atoms with Crippen LogP contribution in [0.25, 0.3) is 0 Å². The van der Waals surface area contributed by atoms with E-state index in [4.69, 9.17) is 0 Å². The van der Waals surface area contributed by atoms with Crippen molar-refractivity contribution in [2.45, 2.75) is 45.3 Å². The van der Waals surface area contributed by atoms with Gasteiger partial charge in [-0.1, -0.05) is 6.92 Å². The third kappa shape index (κ3) is 4.10. The minimum Gasteiger partial charge on any atom is -0.308 e. The minimum atomic E-state index is -2.86. The second kappa shape index (κ2) is 5.84. The molecule has 2 rings (SSSR count). The summed E-state index contributed by atoms with van der Waals surface area (Å²) in [4.78, 5) is 0. The third-order valence-corrected chi connectivity index (χ3v) is 5.01. The summed E-state index contributed by atoms with van der Waals surface area (Å²) in [6, 6.07) is 2.66. The van der Waals surface area contributed by atoms with Gasteiger partial charge in [-0.15, -0.1) is 0 Å². The molecule has 1 aromatic rings. The molecule has 0 unspecified atom stereocenters. The Labute approximate surface area is 108 Å². The lowest BCUT2D eigenvalue weighted by molar-refractivity contribution is 0.542. The van der Waals surface area contributed by atoms with E-state index < -0.39 is 9.84 Å². The Morgan fingerprint density at radius 3 is 2.94 bits per heavy atom. The Hall–Kier alpha value is -0.880. The molecule has 6 heteroatoms. The van der Waals surface area contributed by atoms with Gasteiger partial charge >= 0.3 is 0 Å². The molecular formula is C12H21N3O2S. The minimum absolute atomic E-state index is 0.224. The molecule has 0 aromatic carbocycles. The molecule has 0 saturated heterocycles. The van der Waals surface area contributed by atoms with E-state index in [1.54, 1.807) is 13.1 Å². The molecule has 1 aromatic heterocycles. The fourth-order valence-corrected chi connectivity index (χ4v) is 2.68. The highest BCUT2D eigenvalue weighted by atomic mass is 32.2. The van der Waals surface area contributed by atoms with Crippen LogP contribution in [-0.2, 0) is 22.9 Å². The van der Waals surface area contributed by atoms with Crippen LogP contribution in [0.5, 0.6) is 0 Å². The maximum atomic E-state index is 11.4. The lowest BCUT2D eigenvalue weighted by atomic mass is 10.4. The fourth-order valence-electron chi connectivity index (χ4n) is 1.83. The molecule has 1 aliphatic rings. The molecule has 0 aliphatic heterocycles. The van der Waals surface area contributed by atoms with Crippen LogP contribution < -0.4 is 5.32 Å². The van der Waals surface area contributed by atoms with Crippen LogP contribution in [-0.4, -0.2) is 35.7 Å². The van der Waals surface area contributed by atoms with Crippen molar-refractivity contribution in [1.82, 2.24) is 15.1 Å². The first kappa shape index (κ1) is 13.5. The van der Waals surface area contributed by atoms with E-state index >= 15 is 0 Å². The van der Waals surface area contributed by atoms with Crippen LogP contribution in [0, 0.1) is 0 Å². The summed E-state index contributed by atoms with van der Waals surface area (Å²) >= 11 is 0. The van der Waals surface area contributed by atoms with Gasteiger partial charge in [0.15, 0.2) is 0 Å². The van der Waals surface area contributed by atoms with Crippen molar-refractivity contribution < 1.29 is 8.42 Å². The molecule has 1 saturated carbocycles. The summed E-state index contributed by atoms with van der Waals surface area (Å²) in [5.41, 5.74) is 1.13. The fraction of sp³-hybridized carbons (Fsp3) is 0.750. The van der Waals surface area contributed by atoms with Crippen LogP contribution in [0.4, 0.5) is 0 Å². The van der Waals surface area contributed by atoms with Gasteiger partial charge in [-0.2, -0.15) is 5.10 Å². The van der Waals surface area contributed by atoms with Crippen molar-refractivity contribution in [3.8, 4) is 0 Å². The second-order valence-electron chi connectivity index (χ2n) is 4.79. The second-order valence-corrected chi connectivity index (χ2v) is 7.26. The van der Waals surface area contributed by atoms with Crippen LogP contribution >= 0.6 is 0 Å². The van der Waals surface area contributed by atoms with Gasteiger partial charge in [-0.3, -0.25) is 4.68 Å². The molecule has 0 spiro atoms. The highest BCUT2D eigenvalue weighted by Gasteiger charge is 2.20. The van der Waals surface area contributed by atoms with Crippen LogP contribution in [0.1, 0.15) is 31.9 Å². The number of nitrogens with zero attached hydrogens (tertiary/aromatic N) is 2. The maximum Gasteiger partial charge on any atom is 0.150 e. The highest BCUT2D eigenvalue weighted by Crippen LogP contribution is 2.19. The lowest BCUT2D eigenvalue weighted by Crippen LogP contribution is -2.19. The zero-order valence-corrected chi connectivity index (χ0v) is 11.6. The largest absolute Gasteiger partial charge is 0.308 e. The van der Waals surface area contributed by atoms with Crippen molar-refractivity contribution in [3.63, 3.8) is 0 Å². The predicted molar refractivity (Wildman–Crippen MR) is 71.0 cm³/mol. The zero-order chi connectivity index (χ0) is 13.0. The van der Waals surface area contributed by atoms with Crippen molar-refractivity contribution in [1.29, 1.82) is 0 Å². The first-order valence-electron chi connectivity index (χ1n) is 6.55. The Kier molecular flexibility index (Phi) is 4.40. The number of nitrogens with one attached hydrogen (secondary N) is 1. The van der Waals surface area contributed by atoms with E-state index in [2.05, 4.69) is 10.4 Å².